The minimum absolute atomic E-state index is 0.731. The molecule has 0 N–H and O–H groups in total. The second-order valence-electron chi connectivity index (χ2n) is 5.95. The molecule has 0 amide bonds. The molecular weight excluding hydrogens is 286 g/mol. The fraction of sp³-hybridized carbons (Fsp3) is 0.278. The molecule has 0 radical (unpaired) electrons. The van der Waals surface area contributed by atoms with E-state index in [0.717, 1.165) is 30.1 Å². The summed E-state index contributed by atoms with van der Waals surface area (Å²) >= 11 is 0. The highest BCUT2D eigenvalue weighted by atomic mass is 15.2. The first-order chi connectivity index (χ1) is 11.1. The van der Waals surface area contributed by atoms with Crippen LogP contribution in [0.4, 0.5) is 5.95 Å². The van der Waals surface area contributed by atoms with Crippen molar-refractivity contribution < 1.29 is 0 Å². The van der Waals surface area contributed by atoms with Gasteiger partial charge in [0.05, 0.1) is 5.52 Å². The molecule has 2 heterocycles. The van der Waals surface area contributed by atoms with Gasteiger partial charge in [-0.1, -0.05) is 24.3 Å². The van der Waals surface area contributed by atoms with Crippen molar-refractivity contribution >= 4 is 16.9 Å². The molecule has 0 bridgehead atoms. The highest BCUT2D eigenvalue weighted by Crippen LogP contribution is 2.18. The van der Waals surface area contributed by atoms with Gasteiger partial charge in [-0.2, -0.15) is 0 Å². The standard InChI is InChI=1S/C18H21N5/c1-22(2)18-20-10-14(11-21-18)12-23(3)13-16-7-4-6-15-8-5-9-19-17(15)16/h4-11H,12-13H2,1-3H3. The van der Waals surface area contributed by atoms with Crippen molar-refractivity contribution in [3.05, 3.63) is 60.0 Å². The highest BCUT2D eigenvalue weighted by Gasteiger charge is 2.07. The van der Waals surface area contributed by atoms with E-state index in [1.54, 1.807) is 0 Å². The summed E-state index contributed by atoms with van der Waals surface area (Å²) in [4.78, 5) is 17.4. The molecule has 0 fully saturated rings. The van der Waals surface area contributed by atoms with E-state index in [1.807, 2.05) is 43.7 Å². The molecule has 23 heavy (non-hydrogen) atoms. The first-order valence-electron chi connectivity index (χ1n) is 7.63. The molecule has 0 unspecified atom stereocenters. The molecule has 3 aromatic rings. The quantitative estimate of drug-likeness (QED) is 0.725. The molecule has 0 aliphatic heterocycles. The zero-order chi connectivity index (χ0) is 16.2. The van der Waals surface area contributed by atoms with Crippen LogP contribution in [0, 0.1) is 0 Å². The van der Waals surface area contributed by atoms with Gasteiger partial charge in [0.15, 0.2) is 0 Å². The minimum Gasteiger partial charge on any atom is -0.347 e. The molecule has 1 aromatic carbocycles. The molecule has 3 rings (SSSR count). The number of fused-ring (bicyclic) bond motifs is 1. The molecule has 5 heteroatoms. The highest BCUT2D eigenvalue weighted by molar-refractivity contribution is 5.81. The molecule has 5 nitrogen and oxygen atoms in total. The number of nitrogens with zero attached hydrogens (tertiary/aromatic N) is 5. The Morgan fingerprint density at radius 2 is 1.61 bits per heavy atom. The van der Waals surface area contributed by atoms with Gasteiger partial charge in [-0.05, 0) is 18.7 Å². The van der Waals surface area contributed by atoms with Crippen LogP contribution in [0.5, 0.6) is 0 Å². The van der Waals surface area contributed by atoms with Crippen LogP contribution in [0.15, 0.2) is 48.9 Å². The Bertz CT molecular complexity index is 778. The number of hydrogen-bond acceptors (Lipinski definition) is 5. The Labute approximate surface area is 136 Å². The number of para-hydroxylation sites is 1. The maximum atomic E-state index is 4.52. The molecule has 0 aliphatic carbocycles. The third kappa shape index (κ3) is 3.63. The SMILES string of the molecule is CN(Cc1cnc(N(C)C)nc1)Cc1cccc2cccnc12. The molecule has 0 spiro atoms. The number of pyridine rings is 1. The maximum Gasteiger partial charge on any atom is 0.224 e. The molecule has 0 saturated heterocycles. The lowest BCUT2D eigenvalue weighted by Crippen LogP contribution is -2.18. The van der Waals surface area contributed by atoms with Crippen LogP contribution < -0.4 is 4.90 Å². The lowest BCUT2D eigenvalue weighted by molar-refractivity contribution is 0.319. The van der Waals surface area contributed by atoms with Crippen LogP contribution in [0.2, 0.25) is 0 Å². The van der Waals surface area contributed by atoms with E-state index in [1.165, 1.54) is 10.9 Å². The average molecular weight is 307 g/mol. The predicted molar refractivity (Wildman–Crippen MR) is 93.3 cm³/mol. The van der Waals surface area contributed by atoms with Crippen LogP contribution in [-0.2, 0) is 13.1 Å². The molecular formula is C18H21N5. The van der Waals surface area contributed by atoms with Crippen LogP contribution >= 0.6 is 0 Å². The summed E-state index contributed by atoms with van der Waals surface area (Å²) < 4.78 is 0. The number of aromatic nitrogens is 3. The van der Waals surface area contributed by atoms with Crippen LogP contribution in [-0.4, -0.2) is 41.0 Å². The van der Waals surface area contributed by atoms with Crippen molar-refractivity contribution in [3.8, 4) is 0 Å². The lowest BCUT2D eigenvalue weighted by atomic mass is 10.1. The van der Waals surface area contributed by atoms with Gasteiger partial charge in [0, 0.05) is 56.7 Å². The van der Waals surface area contributed by atoms with E-state index in [4.69, 9.17) is 0 Å². The fourth-order valence-electron chi connectivity index (χ4n) is 2.61. The number of anilines is 1. The molecule has 2 aromatic heterocycles. The van der Waals surface area contributed by atoms with E-state index in [-0.39, 0.29) is 0 Å². The Morgan fingerprint density at radius 3 is 2.35 bits per heavy atom. The second kappa shape index (κ2) is 6.71. The summed E-state index contributed by atoms with van der Waals surface area (Å²) in [5.41, 5.74) is 3.41. The summed E-state index contributed by atoms with van der Waals surface area (Å²) in [6, 6.07) is 10.4. The third-order valence-corrected chi connectivity index (χ3v) is 3.70. The van der Waals surface area contributed by atoms with Crippen molar-refractivity contribution in [2.75, 3.05) is 26.0 Å². The number of benzene rings is 1. The molecule has 0 atom stereocenters. The third-order valence-electron chi connectivity index (χ3n) is 3.70. The van der Waals surface area contributed by atoms with E-state index in [0.29, 0.717) is 0 Å². The van der Waals surface area contributed by atoms with E-state index in [2.05, 4.69) is 51.2 Å². The zero-order valence-electron chi connectivity index (χ0n) is 13.8. The lowest BCUT2D eigenvalue weighted by Gasteiger charge is -2.18. The predicted octanol–water partition coefficient (Wildman–Crippen LogP) is 2.72. The second-order valence-corrected chi connectivity index (χ2v) is 5.95. The molecule has 0 aliphatic rings. The topological polar surface area (TPSA) is 45.2 Å². The molecule has 0 saturated carbocycles. The van der Waals surface area contributed by atoms with Crippen LogP contribution in [0.3, 0.4) is 0 Å². The first kappa shape index (κ1) is 15.4. The first-order valence-corrected chi connectivity index (χ1v) is 7.63. The number of hydrogen-bond donors (Lipinski definition) is 0. The Hall–Kier alpha value is -2.53. The fourth-order valence-corrected chi connectivity index (χ4v) is 2.61. The van der Waals surface area contributed by atoms with E-state index < -0.39 is 0 Å². The molecule has 118 valence electrons. The smallest absolute Gasteiger partial charge is 0.224 e. The van der Waals surface area contributed by atoms with Gasteiger partial charge in [0.1, 0.15) is 0 Å². The minimum atomic E-state index is 0.731. The van der Waals surface area contributed by atoms with Gasteiger partial charge in [-0.15, -0.1) is 0 Å². The largest absolute Gasteiger partial charge is 0.347 e. The normalized spacial score (nSPS) is 11.1. The van der Waals surface area contributed by atoms with Crippen LogP contribution in [0.25, 0.3) is 10.9 Å². The van der Waals surface area contributed by atoms with Crippen molar-refractivity contribution in [3.63, 3.8) is 0 Å². The summed E-state index contributed by atoms with van der Waals surface area (Å²) in [6.07, 6.45) is 5.63. The van der Waals surface area contributed by atoms with Crippen molar-refractivity contribution in [1.82, 2.24) is 19.9 Å². The summed E-state index contributed by atoms with van der Waals surface area (Å²) in [5, 5.41) is 1.18. The Balaban J connectivity index is 1.72. The zero-order valence-corrected chi connectivity index (χ0v) is 13.8. The van der Waals surface area contributed by atoms with Gasteiger partial charge < -0.3 is 4.90 Å². The van der Waals surface area contributed by atoms with Crippen molar-refractivity contribution in [2.24, 2.45) is 0 Å². The Morgan fingerprint density at radius 1 is 0.870 bits per heavy atom. The van der Waals surface area contributed by atoms with Crippen LogP contribution in [0.1, 0.15) is 11.1 Å². The van der Waals surface area contributed by atoms with Gasteiger partial charge in [-0.25, -0.2) is 9.97 Å². The average Bonchev–Trinajstić information content (AvgIpc) is 2.55. The van der Waals surface area contributed by atoms with Gasteiger partial charge in [-0.3, -0.25) is 9.88 Å². The van der Waals surface area contributed by atoms with E-state index >= 15 is 0 Å². The van der Waals surface area contributed by atoms with Gasteiger partial charge >= 0.3 is 0 Å². The maximum absolute atomic E-state index is 4.52. The van der Waals surface area contributed by atoms with Crippen molar-refractivity contribution in [1.29, 1.82) is 0 Å². The van der Waals surface area contributed by atoms with E-state index in [9.17, 15) is 0 Å². The summed E-state index contributed by atoms with van der Waals surface area (Å²) in [6.45, 7) is 1.64. The summed E-state index contributed by atoms with van der Waals surface area (Å²) in [7, 11) is 5.98. The Kier molecular flexibility index (Phi) is 4.48. The monoisotopic (exact) mass is 307 g/mol. The van der Waals surface area contributed by atoms with Crippen molar-refractivity contribution in [2.45, 2.75) is 13.1 Å². The number of rotatable bonds is 5. The van der Waals surface area contributed by atoms with Gasteiger partial charge in [0.25, 0.3) is 0 Å². The van der Waals surface area contributed by atoms with Gasteiger partial charge in [0.2, 0.25) is 5.95 Å². The summed E-state index contributed by atoms with van der Waals surface area (Å²) in [5.74, 6) is 0.731.